The lowest BCUT2D eigenvalue weighted by molar-refractivity contribution is -0.132. The number of nitrogens with zero attached hydrogens (tertiary/aromatic N) is 3. The Morgan fingerprint density at radius 1 is 0.886 bits per heavy atom. The average Bonchev–Trinajstić information content (AvgIpc) is 3.17. The van der Waals surface area contributed by atoms with Crippen LogP contribution in [0.25, 0.3) is 11.0 Å². The fraction of sp³-hybridized carbons (Fsp3) is 0.483. The number of benzene rings is 2. The summed E-state index contributed by atoms with van der Waals surface area (Å²) in [6.45, 7) is 11.1. The third kappa shape index (κ3) is 7.94. The maximum Gasteiger partial charge on any atom is 0.251 e. The summed E-state index contributed by atoms with van der Waals surface area (Å²) in [4.78, 5) is 32.3. The molecule has 0 fully saturated rings. The Kier molecular flexibility index (Phi) is 9.88. The Balaban J connectivity index is 1.58. The van der Waals surface area contributed by atoms with Gasteiger partial charge in [0.1, 0.15) is 12.4 Å². The molecular weight excluding hydrogens is 436 g/mol. The average molecular weight is 477 g/mol. The van der Waals surface area contributed by atoms with Gasteiger partial charge in [0.2, 0.25) is 5.91 Å². The first-order valence-corrected chi connectivity index (χ1v) is 12.9. The molecule has 3 aromatic rings. The number of hydrogen-bond acceptors (Lipinski definition) is 3. The van der Waals surface area contributed by atoms with Crippen LogP contribution in [0.4, 0.5) is 0 Å². The molecule has 188 valence electrons. The van der Waals surface area contributed by atoms with Crippen molar-refractivity contribution in [3.63, 3.8) is 0 Å². The molecule has 0 aliphatic carbocycles. The molecule has 6 heteroatoms. The van der Waals surface area contributed by atoms with Crippen LogP contribution in [-0.4, -0.2) is 45.9 Å². The molecule has 0 aliphatic rings. The van der Waals surface area contributed by atoms with Gasteiger partial charge in [0.15, 0.2) is 0 Å². The molecule has 1 N–H and O–H groups in total. The lowest BCUT2D eigenvalue weighted by atomic mass is 10.1. The Hall–Kier alpha value is -3.15. The van der Waals surface area contributed by atoms with Crippen LogP contribution in [-0.2, 0) is 17.8 Å². The fourth-order valence-corrected chi connectivity index (χ4v) is 4.37. The topological polar surface area (TPSA) is 67.2 Å². The van der Waals surface area contributed by atoms with Crippen LogP contribution in [0.5, 0.6) is 0 Å². The van der Waals surface area contributed by atoms with E-state index in [0.717, 1.165) is 55.6 Å². The van der Waals surface area contributed by atoms with Crippen LogP contribution in [0.15, 0.2) is 54.6 Å². The summed E-state index contributed by atoms with van der Waals surface area (Å²) in [7, 11) is 0. The van der Waals surface area contributed by atoms with Crippen molar-refractivity contribution < 1.29 is 9.59 Å². The molecule has 3 rings (SSSR count). The number of carbonyl (C=O) groups is 2. The number of amides is 2. The Morgan fingerprint density at radius 3 is 2.23 bits per heavy atom. The highest BCUT2D eigenvalue weighted by Gasteiger charge is 2.20. The first kappa shape index (κ1) is 26.5. The largest absolute Gasteiger partial charge is 0.352 e. The summed E-state index contributed by atoms with van der Waals surface area (Å²) in [5.74, 6) is 1.94. The van der Waals surface area contributed by atoms with Crippen molar-refractivity contribution in [2.45, 2.75) is 59.9 Å². The number of aromatic nitrogens is 2. The van der Waals surface area contributed by atoms with Crippen molar-refractivity contribution in [2.24, 2.45) is 11.8 Å². The number of aryl methyl sites for hydroxylation is 1. The first-order chi connectivity index (χ1) is 16.8. The number of para-hydroxylation sites is 2. The van der Waals surface area contributed by atoms with Crippen LogP contribution in [0.3, 0.4) is 0 Å². The number of fused-ring (bicyclic) bond motifs is 1. The van der Waals surface area contributed by atoms with E-state index < -0.39 is 0 Å². The zero-order chi connectivity index (χ0) is 25.2. The summed E-state index contributed by atoms with van der Waals surface area (Å²) in [5.41, 5.74) is 2.64. The van der Waals surface area contributed by atoms with Gasteiger partial charge in [-0.05, 0) is 48.9 Å². The monoisotopic (exact) mass is 476 g/mol. The van der Waals surface area contributed by atoms with Gasteiger partial charge in [-0.25, -0.2) is 4.98 Å². The fourth-order valence-electron chi connectivity index (χ4n) is 4.37. The maximum absolute atomic E-state index is 13.3. The number of unbranched alkanes of at least 4 members (excludes halogenated alkanes) is 2. The van der Waals surface area contributed by atoms with Crippen molar-refractivity contribution in [1.82, 2.24) is 19.8 Å². The van der Waals surface area contributed by atoms with E-state index in [1.54, 1.807) is 0 Å². The molecule has 0 aliphatic heterocycles. The molecule has 6 nitrogen and oxygen atoms in total. The first-order valence-electron chi connectivity index (χ1n) is 12.9. The molecule has 0 saturated carbocycles. The molecule has 1 heterocycles. The van der Waals surface area contributed by atoms with E-state index in [1.807, 2.05) is 59.5 Å². The molecule has 0 saturated heterocycles. The molecule has 0 unspecified atom stereocenters. The van der Waals surface area contributed by atoms with Crippen molar-refractivity contribution in [3.8, 4) is 0 Å². The van der Waals surface area contributed by atoms with Crippen LogP contribution in [0, 0.1) is 11.8 Å². The Bertz CT molecular complexity index is 1080. The second-order valence-electron chi connectivity index (χ2n) is 10.1. The summed E-state index contributed by atoms with van der Waals surface area (Å²) in [5, 5.41) is 2.99. The zero-order valence-electron chi connectivity index (χ0n) is 21.7. The lowest BCUT2D eigenvalue weighted by Crippen LogP contribution is -2.39. The van der Waals surface area contributed by atoms with Crippen LogP contribution < -0.4 is 5.32 Å². The minimum atomic E-state index is -0.0294. The van der Waals surface area contributed by atoms with Gasteiger partial charge in [-0.3, -0.25) is 9.59 Å². The molecule has 2 amide bonds. The number of nitrogens with one attached hydrogen (secondary N) is 1. The van der Waals surface area contributed by atoms with E-state index >= 15 is 0 Å². The molecule has 1 aromatic heterocycles. The van der Waals surface area contributed by atoms with Gasteiger partial charge in [-0.2, -0.15) is 0 Å². The molecule has 0 bridgehead atoms. The lowest BCUT2D eigenvalue weighted by Gasteiger charge is -2.27. The van der Waals surface area contributed by atoms with E-state index in [9.17, 15) is 9.59 Å². The summed E-state index contributed by atoms with van der Waals surface area (Å²) in [6.07, 6.45) is 3.66. The molecule has 0 radical (unpaired) electrons. The van der Waals surface area contributed by atoms with Gasteiger partial charge in [0, 0.05) is 31.6 Å². The standard InChI is InChI=1S/C29H40N4O2/c1-22(2)19-32(20-23(3)4)28(34)21-33-26-16-11-10-15-25(26)31-27(33)17-9-6-12-18-30-29(35)24-13-7-5-8-14-24/h5,7-8,10-11,13-16,22-23H,6,9,12,17-21H2,1-4H3,(H,30,35). The van der Waals surface area contributed by atoms with Gasteiger partial charge in [-0.1, -0.05) is 64.4 Å². The third-order valence-electron chi connectivity index (χ3n) is 5.95. The highest BCUT2D eigenvalue weighted by Crippen LogP contribution is 2.19. The highest BCUT2D eigenvalue weighted by atomic mass is 16.2. The summed E-state index contributed by atoms with van der Waals surface area (Å²) >= 11 is 0. The molecular formula is C29H40N4O2. The second-order valence-corrected chi connectivity index (χ2v) is 10.1. The van der Waals surface area contributed by atoms with E-state index in [1.165, 1.54) is 0 Å². The Labute approximate surface area is 209 Å². The maximum atomic E-state index is 13.3. The molecule has 2 aromatic carbocycles. The normalized spacial score (nSPS) is 11.4. The van der Waals surface area contributed by atoms with Gasteiger partial charge in [-0.15, -0.1) is 0 Å². The SMILES string of the molecule is CC(C)CN(CC(C)C)C(=O)Cn1c(CCCCCNC(=O)c2ccccc2)nc2ccccc21. The van der Waals surface area contributed by atoms with Gasteiger partial charge in [0.05, 0.1) is 11.0 Å². The predicted molar refractivity (Wildman–Crippen MR) is 142 cm³/mol. The minimum absolute atomic E-state index is 0.0294. The second kappa shape index (κ2) is 13.1. The van der Waals surface area contributed by atoms with E-state index in [0.29, 0.717) is 30.5 Å². The summed E-state index contributed by atoms with van der Waals surface area (Å²) in [6, 6.07) is 17.4. The van der Waals surface area contributed by atoms with E-state index in [2.05, 4.69) is 37.6 Å². The Morgan fingerprint density at radius 2 is 1.54 bits per heavy atom. The number of imidazole rings is 1. The van der Waals surface area contributed by atoms with Crippen LogP contribution in [0.2, 0.25) is 0 Å². The van der Waals surface area contributed by atoms with Crippen molar-refractivity contribution in [1.29, 1.82) is 0 Å². The predicted octanol–water partition coefficient (Wildman–Crippen LogP) is 5.32. The van der Waals surface area contributed by atoms with Crippen LogP contribution in [0.1, 0.15) is 63.1 Å². The smallest absolute Gasteiger partial charge is 0.251 e. The van der Waals surface area contributed by atoms with Crippen molar-refractivity contribution in [2.75, 3.05) is 19.6 Å². The third-order valence-corrected chi connectivity index (χ3v) is 5.95. The minimum Gasteiger partial charge on any atom is -0.352 e. The van der Waals surface area contributed by atoms with Gasteiger partial charge in [0.25, 0.3) is 5.91 Å². The van der Waals surface area contributed by atoms with Crippen LogP contribution >= 0.6 is 0 Å². The number of hydrogen-bond donors (Lipinski definition) is 1. The molecule has 0 spiro atoms. The molecule has 35 heavy (non-hydrogen) atoms. The van der Waals surface area contributed by atoms with Crippen molar-refractivity contribution in [3.05, 3.63) is 66.0 Å². The van der Waals surface area contributed by atoms with Gasteiger partial charge >= 0.3 is 0 Å². The van der Waals surface area contributed by atoms with E-state index in [4.69, 9.17) is 4.98 Å². The zero-order valence-corrected chi connectivity index (χ0v) is 21.7. The van der Waals surface area contributed by atoms with E-state index in [-0.39, 0.29) is 11.8 Å². The summed E-state index contributed by atoms with van der Waals surface area (Å²) < 4.78 is 2.10. The molecule has 0 atom stereocenters. The quantitative estimate of drug-likeness (QED) is 0.340. The van der Waals surface area contributed by atoms with Gasteiger partial charge < -0.3 is 14.8 Å². The number of carbonyl (C=O) groups excluding carboxylic acids is 2. The van der Waals surface area contributed by atoms with Crippen molar-refractivity contribution >= 4 is 22.8 Å². The highest BCUT2D eigenvalue weighted by molar-refractivity contribution is 5.94. The number of rotatable bonds is 13.